The third-order valence-electron chi connectivity index (χ3n) is 3.84. The van der Waals surface area contributed by atoms with Crippen molar-refractivity contribution in [2.75, 3.05) is 11.9 Å². The van der Waals surface area contributed by atoms with Crippen LogP contribution in [-0.2, 0) is 0 Å². The van der Waals surface area contributed by atoms with Gasteiger partial charge in [-0.2, -0.15) is 5.10 Å². The number of hydrogen-bond acceptors (Lipinski definition) is 4. The summed E-state index contributed by atoms with van der Waals surface area (Å²) in [5.74, 6) is 1.35. The van der Waals surface area contributed by atoms with Crippen molar-refractivity contribution in [2.45, 2.75) is 57.6 Å². The van der Waals surface area contributed by atoms with E-state index in [9.17, 15) is 5.11 Å². The number of anilines is 1. The number of hydrogen-bond donors (Lipinski definition) is 1. The molecule has 100 valence electrons. The molecule has 0 bridgehead atoms. The van der Waals surface area contributed by atoms with Crippen molar-refractivity contribution in [3.63, 3.8) is 0 Å². The lowest BCUT2D eigenvalue weighted by molar-refractivity contribution is 0.122. The van der Waals surface area contributed by atoms with Gasteiger partial charge in [-0.1, -0.05) is 13.8 Å². The zero-order valence-electron chi connectivity index (χ0n) is 11.5. The Labute approximate surface area is 109 Å². The molecule has 0 aromatic carbocycles. The van der Waals surface area contributed by atoms with Gasteiger partial charge in [0.05, 0.1) is 11.8 Å². The molecule has 18 heavy (non-hydrogen) atoms. The summed E-state index contributed by atoms with van der Waals surface area (Å²) in [6, 6.07) is 4.58. The Morgan fingerprint density at radius 1 is 1.17 bits per heavy atom. The van der Waals surface area contributed by atoms with Crippen LogP contribution in [0.3, 0.4) is 0 Å². The normalized spacial score (nSPS) is 24.3. The fourth-order valence-corrected chi connectivity index (χ4v) is 2.46. The minimum absolute atomic E-state index is 0.107. The summed E-state index contributed by atoms with van der Waals surface area (Å²) in [5, 5.41) is 18.1. The zero-order valence-corrected chi connectivity index (χ0v) is 11.5. The molecule has 1 heterocycles. The minimum atomic E-state index is -0.107. The second-order valence-corrected chi connectivity index (χ2v) is 5.54. The molecule has 1 aromatic rings. The van der Waals surface area contributed by atoms with Crippen molar-refractivity contribution < 1.29 is 5.11 Å². The molecular weight excluding hydrogens is 226 g/mol. The third kappa shape index (κ3) is 2.99. The molecule has 1 aromatic heterocycles. The standard InChI is InChI=1S/C14H23N3O/c1-10(2)13-8-9-14(16-15-13)17(3)11-4-6-12(18)7-5-11/h8-12,18H,4-7H2,1-3H3. The highest BCUT2D eigenvalue weighted by Gasteiger charge is 2.23. The Kier molecular flexibility index (Phi) is 4.17. The SMILES string of the molecule is CC(C)c1ccc(N(C)C2CCC(O)CC2)nn1. The summed E-state index contributed by atoms with van der Waals surface area (Å²) in [6.07, 6.45) is 3.75. The zero-order chi connectivity index (χ0) is 13.1. The van der Waals surface area contributed by atoms with E-state index in [1.165, 1.54) is 0 Å². The van der Waals surface area contributed by atoms with Crippen LogP contribution in [0.5, 0.6) is 0 Å². The van der Waals surface area contributed by atoms with Gasteiger partial charge >= 0.3 is 0 Å². The molecule has 4 heteroatoms. The molecule has 0 radical (unpaired) electrons. The molecule has 1 fully saturated rings. The lowest BCUT2D eigenvalue weighted by Gasteiger charge is -2.33. The summed E-state index contributed by atoms with van der Waals surface area (Å²) < 4.78 is 0. The van der Waals surface area contributed by atoms with E-state index in [4.69, 9.17) is 0 Å². The highest BCUT2D eigenvalue weighted by molar-refractivity contribution is 5.38. The van der Waals surface area contributed by atoms with Crippen LogP contribution in [0.25, 0.3) is 0 Å². The lowest BCUT2D eigenvalue weighted by Crippen LogP contribution is -2.36. The van der Waals surface area contributed by atoms with Crippen LogP contribution in [0.15, 0.2) is 12.1 Å². The Hall–Kier alpha value is -1.16. The van der Waals surface area contributed by atoms with E-state index in [0.29, 0.717) is 12.0 Å². The molecule has 1 aliphatic rings. The predicted molar refractivity (Wildman–Crippen MR) is 72.8 cm³/mol. The average Bonchev–Trinajstić information content (AvgIpc) is 2.39. The second-order valence-electron chi connectivity index (χ2n) is 5.54. The summed E-state index contributed by atoms with van der Waals surface area (Å²) >= 11 is 0. The van der Waals surface area contributed by atoms with Crippen molar-refractivity contribution in [3.05, 3.63) is 17.8 Å². The third-order valence-corrected chi connectivity index (χ3v) is 3.84. The topological polar surface area (TPSA) is 49.2 Å². The maximum atomic E-state index is 9.53. The van der Waals surface area contributed by atoms with Crippen molar-refractivity contribution in [1.29, 1.82) is 0 Å². The Morgan fingerprint density at radius 3 is 2.33 bits per heavy atom. The van der Waals surface area contributed by atoms with E-state index in [-0.39, 0.29) is 6.10 Å². The first-order valence-corrected chi connectivity index (χ1v) is 6.82. The second kappa shape index (κ2) is 5.65. The Morgan fingerprint density at radius 2 is 1.83 bits per heavy atom. The van der Waals surface area contributed by atoms with E-state index >= 15 is 0 Å². The number of nitrogens with zero attached hydrogens (tertiary/aromatic N) is 3. The van der Waals surface area contributed by atoms with Crippen LogP contribution in [0, 0.1) is 0 Å². The van der Waals surface area contributed by atoms with Crippen molar-refractivity contribution >= 4 is 5.82 Å². The van der Waals surface area contributed by atoms with Crippen molar-refractivity contribution in [3.8, 4) is 0 Å². The highest BCUT2D eigenvalue weighted by Crippen LogP contribution is 2.25. The molecular formula is C14H23N3O. The van der Waals surface area contributed by atoms with Gasteiger partial charge in [0.25, 0.3) is 0 Å². The molecule has 0 spiro atoms. The average molecular weight is 249 g/mol. The highest BCUT2D eigenvalue weighted by atomic mass is 16.3. The summed E-state index contributed by atoms with van der Waals surface area (Å²) in [5.41, 5.74) is 1.03. The molecule has 0 unspecified atom stereocenters. The molecule has 0 saturated heterocycles. The molecule has 1 N–H and O–H groups in total. The van der Waals surface area contributed by atoms with Gasteiger partial charge < -0.3 is 10.0 Å². The van der Waals surface area contributed by atoms with E-state index in [0.717, 1.165) is 37.2 Å². The molecule has 0 aliphatic heterocycles. The Bertz CT molecular complexity index is 369. The first-order valence-electron chi connectivity index (χ1n) is 6.82. The quantitative estimate of drug-likeness (QED) is 0.893. The van der Waals surface area contributed by atoms with Gasteiger partial charge in [0, 0.05) is 13.1 Å². The largest absolute Gasteiger partial charge is 0.393 e. The molecule has 0 amide bonds. The first kappa shape index (κ1) is 13.3. The molecule has 2 rings (SSSR count). The van der Waals surface area contributed by atoms with Crippen LogP contribution in [0.4, 0.5) is 5.82 Å². The van der Waals surface area contributed by atoms with Gasteiger partial charge in [-0.3, -0.25) is 0 Å². The number of aromatic nitrogens is 2. The van der Waals surface area contributed by atoms with E-state index in [1.54, 1.807) is 0 Å². The minimum Gasteiger partial charge on any atom is -0.393 e. The van der Waals surface area contributed by atoms with Crippen molar-refractivity contribution in [2.24, 2.45) is 0 Å². The van der Waals surface area contributed by atoms with Gasteiger partial charge in [0.2, 0.25) is 0 Å². The van der Waals surface area contributed by atoms with Gasteiger partial charge in [0.1, 0.15) is 0 Å². The monoisotopic (exact) mass is 249 g/mol. The van der Waals surface area contributed by atoms with Crippen LogP contribution < -0.4 is 4.90 Å². The van der Waals surface area contributed by atoms with E-state index in [1.807, 2.05) is 6.07 Å². The van der Waals surface area contributed by atoms with Gasteiger partial charge in [-0.25, -0.2) is 0 Å². The molecule has 4 nitrogen and oxygen atoms in total. The predicted octanol–water partition coefficient (Wildman–Crippen LogP) is 2.34. The van der Waals surface area contributed by atoms with Gasteiger partial charge in [-0.15, -0.1) is 5.10 Å². The Balaban J connectivity index is 2.02. The molecule has 1 saturated carbocycles. The van der Waals surface area contributed by atoms with Crippen LogP contribution in [0.2, 0.25) is 0 Å². The fourth-order valence-electron chi connectivity index (χ4n) is 2.46. The summed E-state index contributed by atoms with van der Waals surface area (Å²) in [6.45, 7) is 4.24. The lowest BCUT2D eigenvalue weighted by atomic mass is 9.92. The van der Waals surface area contributed by atoms with Crippen LogP contribution in [0.1, 0.15) is 51.1 Å². The van der Waals surface area contributed by atoms with Crippen LogP contribution in [-0.4, -0.2) is 34.5 Å². The fraction of sp³-hybridized carbons (Fsp3) is 0.714. The summed E-state index contributed by atoms with van der Waals surface area (Å²) in [4.78, 5) is 2.20. The molecule has 0 atom stereocenters. The molecule has 1 aliphatic carbocycles. The number of rotatable bonds is 3. The first-order chi connectivity index (χ1) is 8.58. The van der Waals surface area contributed by atoms with Gasteiger partial charge in [0.15, 0.2) is 5.82 Å². The maximum Gasteiger partial charge on any atom is 0.151 e. The number of aliphatic hydroxyl groups excluding tert-OH is 1. The smallest absolute Gasteiger partial charge is 0.151 e. The van der Waals surface area contributed by atoms with E-state index < -0.39 is 0 Å². The van der Waals surface area contributed by atoms with Gasteiger partial charge in [-0.05, 0) is 43.7 Å². The summed E-state index contributed by atoms with van der Waals surface area (Å²) in [7, 11) is 2.07. The number of aliphatic hydroxyl groups is 1. The van der Waals surface area contributed by atoms with Crippen molar-refractivity contribution in [1.82, 2.24) is 10.2 Å². The van der Waals surface area contributed by atoms with Crippen LogP contribution >= 0.6 is 0 Å². The maximum absolute atomic E-state index is 9.53. The van der Waals surface area contributed by atoms with E-state index in [2.05, 4.69) is 42.1 Å².